The number of nitrogens with one attached hydrogen (secondary N) is 3. The van der Waals surface area contributed by atoms with Crippen molar-refractivity contribution in [2.75, 3.05) is 18.9 Å². The summed E-state index contributed by atoms with van der Waals surface area (Å²) in [5.41, 5.74) is 1.86. The van der Waals surface area contributed by atoms with E-state index in [1.807, 2.05) is 19.2 Å². The number of anilines is 1. The second-order valence-corrected chi connectivity index (χ2v) is 6.96. The Morgan fingerprint density at radius 2 is 2.04 bits per heavy atom. The molecular formula is C19H34N4O. The topological polar surface area (TPSA) is 69.2 Å². The van der Waals surface area contributed by atoms with E-state index in [1.165, 1.54) is 32.1 Å². The van der Waals surface area contributed by atoms with Crippen molar-refractivity contribution in [2.45, 2.75) is 77.1 Å². The zero-order valence-corrected chi connectivity index (χ0v) is 15.4. The van der Waals surface area contributed by atoms with Crippen molar-refractivity contribution in [3.05, 3.63) is 23.4 Å². The molecule has 1 aliphatic rings. The second kappa shape index (κ2) is 9.97. The van der Waals surface area contributed by atoms with E-state index in [-0.39, 0.29) is 0 Å². The summed E-state index contributed by atoms with van der Waals surface area (Å²) in [5, 5.41) is 20.2. The molecule has 0 radical (unpaired) electrons. The van der Waals surface area contributed by atoms with Gasteiger partial charge in [0.05, 0.1) is 0 Å². The number of aliphatic hydroxyl groups is 1. The highest BCUT2D eigenvalue weighted by Crippen LogP contribution is 2.21. The Labute approximate surface area is 146 Å². The van der Waals surface area contributed by atoms with E-state index in [9.17, 15) is 5.11 Å². The number of pyridine rings is 1. The minimum Gasteiger partial charge on any atom is -0.374 e. The van der Waals surface area contributed by atoms with Gasteiger partial charge in [0.1, 0.15) is 12.0 Å². The highest BCUT2D eigenvalue weighted by atomic mass is 16.3. The number of hydrogen-bond acceptors (Lipinski definition) is 5. The molecule has 1 saturated carbocycles. The molecule has 1 unspecified atom stereocenters. The summed E-state index contributed by atoms with van der Waals surface area (Å²) < 4.78 is 0. The van der Waals surface area contributed by atoms with Crippen molar-refractivity contribution >= 4 is 5.82 Å². The predicted molar refractivity (Wildman–Crippen MR) is 100 cm³/mol. The SMILES string of the molecule is CC[C@H](CCNc1ncc(C)cc1C(O)NC)NC1CCCCC1. The average molecular weight is 335 g/mol. The summed E-state index contributed by atoms with van der Waals surface area (Å²) >= 11 is 0. The van der Waals surface area contributed by atoms with Crippen molar-refractivity contribution in [2.24, 2.45) is 0 Å². The average Bonchev–Trinajstić information content (AvgIpc) is 2.62. The number of hydrogen-bond donors (Lipinski definition) is 4. The van der Waals surface area contributed by atoms with Crippen molar-refractivity contribution in [1.29, 1.82) is 0 Å². The molecule has 2 atom stereocenters. The second-order valence-electron chi connectivity index (χ2n) is 6.96. The van der Waals surface area contributed by atoms with E-state index in [1.54, 1.807) is 7.05 Å². The largest absolute Gasteiger partial charge is 0.374 e. The van der Waals surface area contributed by atoms with Gasteiger partial charge in [0.15, 0.2) is 0 Å². The van der Waals surface area contributed by atoms with Gasteiger partial charge < -0.3 is 15.7 Å². The molecule has 0 bridgehead atoms. The van der Waals surface area contributed by atoms with Gasteiger partial charge in [-0.15, -0.1) is 0 Å². The van der Waals surface area contributed by atoms with E-state index in [0.717, 1.165) is 36.3 Å². The van der Waals surface area contributed by atoms with Gasteiger partial charge in [-0.1, -0.05) is 26.2 Å². The van der Waals surface area contributed by atoms with Crippen LogP contribution in [0.2, 0.25) is 0 Å². The zero-order valence-electron chi connectivity index (χ0n) is 15.4. The molecule has 0 aliphatic heterocycles. The fourth-order valence-electron chi connectivity index (χ4n) is 3.48. The number of rotatable bonds is 9. The molecule has 2 rings (SSSR count). The van der Waals surface area contributed by atoms with Gasteiger partial charge in [-0.2, -0.15) is 0 Å². The molecule has 0 aromatic carbocycles. The van der Waals surface area contributed by atoms with Crippen LogP contribution in [0.5, 0.6) is 0 Å². The molecule has 1 aromatic heterocycles. The first kappa shape index (κ1) is 19.2. The molecule has 1 aliphatic carbocycles. The number of aliphatic hydroxyl groups excluding tert-OH is 1. The van der Waals surface area contributed by atoms with Gasteiger partial charge in [-0.05, 0) is 51.3 Å². The lowest BCUT2D eigenvalue weighted by atomic mass is 9.94. The first-order valence-corrected chi connectivity index (χ1v) is 9.45. The monoisotopic (exact) mass is 334 g/mol. The maximum atomic E-state index is 10.1. The van der Waals surface area contributed by atoms with Crippen LogP contribution in [0.4, 0.5) is 5.82 Å². The van der Waals surface area contributed by atoms with Gasteiger partial charge in [0.2, 0.25) is 0 Å². The van der Waals surface area contributed by atoms with Gasteiger partial charge in [0.25, 0.3) is 0 Å². The molecule has 5 heteroatoms. The molecule has 5 nitrogen and oxygen atoms in total. The summed E-state index contributed by atoms with van der Waals surface area (Å²) in [5.74, 6) is 0.773. The Hall–Kier alpha value is -1.17. The predicted octanol–water partition coefficient (Wildman–Crippen LogP) is 3.10. The Bertz CT molecular complexity index is 488. The first-order chi connectivity index (χ1) is 11.6. The summed E-state index contributed by atoms with van der Waals surface area (Å²) in [6.07, 6.45) is 10.1. The van der Waals surface area contributed by atoms with Crippen molar-refractivity contribution in [3.63, 3.8) is 0 Å². The third kappa shape index (κ3) is 5.72. The molecule has 1 heterocycles. The molecular weight excluding hydrogens is 300 g/mol. The van der Waals surface area contributed by atoms with Crippen LogP contribution in [0, 0.1) is 6.92 Å². The lowest BCUT2D eigenvalue weighted by Gasteiger charge is -2.28. The van der Waals surface area contributed by atoms with Crippen LogP contribution < -0.4 is 16.0 Å². The van der Waals surface area contributed by atoms with Crippen LogP contribution in [0.25, 0.3) is 0 Å². The molecule has 0 spiro atoms. The fourth-order valence-corrected chi connectivity index (χ4v) is 3.48. The Balaban J connectivity index is 1.85. The van der Waals surface area contributed by atoms with E-state index < -0.39 is 6.23 Å². The van der Waals surface area contributed by atoms with Crippen LogP contribution >= 0.6 is 0 Å². The lowest BCUT2D eigenvalue weighted by molar-refractivity contribution is 0.149. The Morgan fingerprint density at radius 3 is 2.71 bits per heavy atom. The summed E-state index contributed by atoms with van der Waals surface area (Å²) in [6.45, 7) is 5.10. The van der Waals surface area contributed by atoms with Gasteiger partial charge in [-0.3, -0.25) is 5.32 Å². The normalized spacial score (nSPS) is 18.3. The van der Waals surface area contributed by atoms with Crippen LogP contribution in [-0.4, -0.2) is 35.8 Å². The lowest BCUT2D eigenvalue weighted by Crippen LogP contribution is -2.40. The van der Waals surface area contributed by atoms with Crippen LogP contribution in [0.15, 0.2) is 12.3 Å². The fraction of sp³-hybridized carbons (Fsp3) is 0.737. The van der Waals surface area contributed by atoms with Gasteiger partial charge in [-0.25, -0.2) is 4.98 Å². The number of aryl methyl sites for hydroxylation is 1. The summed E-state index contributed by atoms with van der Waals surface area (Å²) in [7, 11) is 1.75. The van der Waals surface area contributed by atoms with Crippen molar-refractivity contribution in [3.8, 4) is 0 Å². The third-order valence-corrected chi connectivity index (χ3v) is 4.98. The van der Waals surface area contributed by atoms with Gasteiger partial charge in [0, 0.05) is 30.4 Å². The molecule has 4 N–H and O–H groups in total. The number of aromatic nitrogens is 1. The minimum atomic E-state index is -0.692. The van der Waals surface area contributed by atoms with E-state index in [0.29, 0.717) is 12.1 Å². The maximum absolute atomic E-state index is 10.1. The van der Waals surface area contributed by atoms with Crippen LogP contribution in [0.3, 0.4) is 0 Å². The Kier molecular flexibility index (Phi) is 7.95. The van der Waals surface area contributed by atoms with E-state index in [4.69, 9.17) is 0 Å². The molecule has 1 aromatic rings. The van der Waals surface area contributed by atoms with Crippen LogP contribution in [-0.2, 0) is 0 Å². The van der Waals surface area contributed by atoms with E-state index >= 15 is 0 Å². The minimum absolute atomic E-state index is 0.545. The van der Waals surface area contributed by atoms with E-state index in [2.05, 4.69) is 27.9 Å². The first-order valence-electron chi connectivity index (χ1n) is 9.45. The standard InChI is InChI=1S/C19H34N4O/c1-4-15(23-16-8-6-5-7-9-16)10-11-21-18-17(19(24)20-3)12-14(2)13-22-18/h12-13,15-16,19-20,23-24H,4-11H2,1-3H3,(H,21,22)/t15-,19?/m1/s1. The quantitative estimate of drug-likeness (QED) is 0.523. The van der Waals surface area contributed by atoms with Crippen molar-refractivity contribution < 1.29 is 5.11 Å². The van der Waals surface area contributed by atoms with Gasteiger partial charge >= 0.3 is 0 Å². The highest BCUT2D eigenvalue weighted by molar-refractivity contribution is 5.46. The molecule has 0 saturated heterocycles. The summed E-state index contributed by atoms with van der Waals surface area (Å²) in [6, 6.07) is 3.22. The zero-order chi connectivity index (χ0) is 17.4. The molecule has 24 heavy (non-hydrogen) atoms. The maximum Gasteiger partial charge on any atom is 0.134 e. The highest BCUT2D eigenvalue weighted by Gasteiger charge is 2.17. The molecule has 1 fully saturated rings. The van der Waals surface area contributed by atoms with Crippen LogP contribution in [0.1, 0.15) is 69.2 Å². The Morgan fingerprint density at radius 1 is 1.29 bits per heavy atom. The molecule has 136 valence electrons. The van der Waals surface area contributed by atoms with Crippen molar-refractivity contribution in [1.82, 2.24) is 15.6 Å². The molecule has 0 amide bonds. The third-order valence-electron chi connectivity index (χ3n) is 4.98. The smallest absolute Gasteiger partial charge is 0.134 e. The summed E-state index contributed by atoms with van der Waals surface area (Å²) in [4.78, 5) is 4.45. The number of nitrogens with zero attached hydrogens (tertiary/aromatic N) is 1.